The molecule has 1 aliphatic heterocycles. The van der Waals surface area contributed by atoms with Crippen LogP contribution in [0.2, 0.25) is 0 Å². The first-order chi connectivity index (χ1) is 11.1. The molecule has 0 spiro atoms. The van der Waals surface area contributed by atoms with Crippen LogP contribution in [0.15, 0.2) is 71.7 Å². The standard InChI is InChI=1S/C19H22N4/c1-14(2)19(20)13-17(15-9-5-3-6-10-15)22-18(23-19)21-16-11-7-4-8-12-16/h3-14H,20H2,1-2H3,(H2,21,22,23). The van der Waals surface area contributed by atoms with Crippen molar-refractivity contribution in [3.8, 4) is 0 Å². The van der Waals surface area contributed by atoms with Gasteiger partial charge in [-0.3, -0.25) is 0 Å². The number of hydrogen-bond acceptors (Lipinski definition) is 4. The second-order valence-corrected chi connectivity index (χ2v) is 6.04. The molecule has 4 heteroatoms. The number of rotatable bonds is 3. The highest BCUT2D eigenvalue weighted by atomic mass is 15.2. The maximum Gasteiger partial charge on any atom is 0.202 e. The van der Waals surface area contributed by atoms with Crippen LogP contribution in [-0.4, -0.2) is 11.6 Å². The Balaban J connectivity index is 1.94. The number of aliphatic imine (C=N–C) groups is 1. The summed E-state index contributed by atoms with van der Waals surface area (Å²) < 4.78 is 0. The van der Waals surface area contributed by atoms with Crippen molar-refractivity contribution in [1.82, 2.24) is 5.32 Å². The summed E-state index contributed by atoms with van der Waals surface area (Å²) in [5.41, 5.74) is 8.81. The molecule has 0 aliphatic carbocycles. The average Bonchev–Trinajstić information content (AvgIpc) is 2.56. The zero-order valence-electron chi connectivity index (χ0n) is 13.5. The van der Waals surface area contributed by atoms with Gasteiger partial charge in [0, 0.05) is 11.4 Å². The van der Waals surface area contributed by atoms with Crippen molar-refractivity contribution >= 4 is 17.3 Å². The van der Waals surface area contributed by atoms with Gasteiger partial charge in [-0.25, -0.2) is 4.99 Å². The van der Waals surface area contributed by atoms with E-state index in [1.165, 1.54) is 0 Å². The van der Waals surface area contributed by atoms with Crippen molar-refractivity contribution in [2.45, 2.75) is 19.5 Å². The van der Waals surface area contributed by atoms with Crippen LogP contribution in [0.1, 0.15) is 19.4 Å². The summed E-state index contributed by atoms with van der Waals surface area (Å²) in [7, 11) is 0. The quantitative estimate of drug-likeness (QED) is 0.814. The number of nitrogens with two attached hydrogens (primary N) is 1. The summed E-state index contributed by atoms with van der Waals surface area (Å²) in [6.07, 6.45) is 2.00. The lowest BCUT2D eigenvalue weighted by Crippen LogP contribution is -2.49. The first-order valence-corrected chi connectivity index (χ1v) is 7.83. The molecular formula is C19H22N4. The van der Waals surface area contributed by atoms with E-state index in [0.29, 0.717) is 5.96 Å². The predicted octanol–water partition coefficient (Wildman–Crippen LogP) is 3.41. The Morgan fingerprint density at radius 2 is 1.61 bits per heavy atom. The fourth-order valence-corrected chi connectivity index (χ4v) is 2.44. The fraction of sp³-hybridized carbons (Fsp3) is 0.211. The second kappa shape index (κ2) is 6.26. The highest BCUT2D eigenvalue weighted by Crippen LogP contribution is 2.26. The lowest BCUT2D eigenvalue weighted by Gasteiger charge is -2.33. The zero-order valence-corrected chi connectivity index (χ0v) is 13.5. The molecule has 4 N–H and O–H groups in total. The van der Waals surface area contributed by atoms with Gasteiger partial charge in [-0.05, 0) is 29.7 Å². The summed E-state index contributed by atoms with van der Waals surface area (Å²) in [6, 6.07) is 20.1. The van der Waals surface area contributed by atoms with Crippen molar-refractivity contribution in [1.29, 1.82) is 0 Å². The molecule has 1 atom stereocenters. The van der Waals surface area contributed by atoms with E-state index in [0.717, 1.165) is 16.9 Å². The number of nitrogens with one attached hydrogen (secondary N) is 2. The van der Waals surface area contributed by atoms with Crippen LogP contribution in [-0.2, 0) is 0 Å². The van der Waals surface area contributed by atoms with Gasteiger partial charge in [-0.15, -0.1) is 0 Å². The van der Waals surface area contributed by atoms with Crippen LogP contribution < -0.4 is 16.4 Å². The zero-order chi connectivity index (χ0) is 16.3. The minimum Gasteiger partial charge on any atom is -0.326 e. The van der Waals surface area contributed by atoms with Gasteiger partial charge < -0.3 is 16.4 Å². The summed E-state index contributed by atoms with van der Waals surface area (Å²) in [6.45, 7) is 4.15. The Bertz CT molecular complexity index is 720. The van der Waals surface area contributed by atoms with Crippen LogP contribution in [0.25, 0.3) is 5.70 Å². The van der Waals surface area contributed by atoms with Crippen molar-refractivity contribution in [3.05, 3.63) is 72.3 Å². The molecule has 2 aromatic rings. The van der Waals surface area contributed by atoms with E-state index in [4.69, 9.17) is 5.73 Å². The van der Waals surface area contributed by atoms with Gasteiger partial charge in [0.1, 0.15) is 5.66 Å². The minimum atomic E-state index is -0.743. The number of hydrogen-bond donors (Lipinski definition) is 3. The highest BCUT2D eigenvalue weighted by Gasteiger charge is 2.31. The Morgan fingerprint density at radius 1 is 1.00 bits per heavy atom. The SMILES string of the molecule is CC(C)C1(N)C=C(c2ccccc2)NC(Nc2ccccc2)=N1. The number of guanidine groups is 1. The summed E-state index contributed by atoms with van der Waals surface area (Å²) >= 11 is 0. The van der Waals surface area contributed by atoms with Crippen molar-refractivity contribution < 1.29 is 0 Å². The third-order valence-corrected chi connectivity index (χ3v) is 3.98. The number of para-hydroxylation sites is 1. The molecule has 0 fully saturated rings. The Kier molecular flexibility index (Phi) is 4.17. The summed E-state index contributed by atoms with van der Waals surface area (Å²) in [4.78, 5) is 4.68. The van der Waals surface area contributed by atoms with E-state index in [-0.39, 0.29) is 5.92 Å². The predicted molar refractivity (Wildman–Crippen MR) is 96.8 cm³/mol. The van der Waals surface area contributed by atoms with Gasteiger partial charge in [0.15, 0.2) is 0 Å². The van der Waals surface area contributed by atoms with Crippen molar-refractivity contribution in [3.63, 3.8) is 0 Å². The summed E-state index contributed by atoms with van der Waals surface area (Å²) in [5, 5.41) is 6.66. The molecule has 0 aromatic heterocycles. The molecule has 4 nitrogen and oxygen atoms in total. The number of anilines is 1. The fourth-order valence-electron chi connectivity index (χ4n) is 2.44. The molecule has 23 heavy (non-hydrogen) atoms. The second-order valence-electron chi connectivity index (χ2n) is 6.04. The van der Waals surface area contributed by atoms with E-state index < -0.39 is 5.66 Å². The topological polar surface area (TPSA) is 62.4 Å². The monoisotopic (exact) mass is 306 g/mol. The van der Waals surface area contributed by atoms with Crippen LogP contribution >= 0.6 is 0 Å². The molecule has 1 heterocycles. The Hall–Kier alpha value is -2.59. The molecule has 0 saturated carbocycles. The van der Waals surface area contributed by atoms with Gasteiger partial charge in [0.25, 0.3) is 0 Å². The minimum absolute atomic E-state index is 0.177. The van der Waals surface area contributed by atoms with Gasteiger partial charge in [0.05, 0.1) is 0 Å². The average molecular weight is 306 g/mol. The number of nitrogens with zero attached hydrogens (tertiary/aromatic N) is 1. The molecule has 1 aliphatic rings. The molecule has 0 amide bonds. The van der Waals surface area contributed by atoms with Gasteiger partial charge in [-0.1, -0.05) is 62.4 Å². The third kappa shape index (κ3) is 3.43. The van der Waals surface area contributed by atoms with Crippen LogP contribution in [0.4, 0.5) is 5.69 Å². The first kappa shape index (κ1) is 15.3. The van der Waals surface area contributed by atoms with Gasteiger partial charge in [0.2, 0.25) is 5.96 Å². The van der Waals surface area contributed by atoms with Crippen molar-refractivity contribution in [2.24, 2.45) is 16.6 Å². The van der Waals surface area contributed by atoms with E-state index >= 15 is 0 Å². The van der Waals surface area contributed by atoms with E-state index in [9.17, 15) is 0 Å². The largest absolute Gasteiger partial charge is 0.326 e. The maximum atomic E-state index is 6.53. The highest BCUT2D eigenvalue weighted by molar-refractivity contribution is 6.00. The molecule has 1 unspecified atom stereocenters. The molecule has 0 radical (unpaired) electrons. The number of benzene rings is 2. The first-order valence-electron chi connectivity index (χ1n) is 7.83. The van der Waals surface area contributed by atoms with Crippen LogP contribution in [0.5, 0.6) is 0 Å². The van der Waals surface area contributed by atoms with Gasteiger partial charge >= 0.3 is 0 Å². The lowest BCUT2D eigenvalue weighted by molar-refractivity contribution is 0.398. The maximum absolute atomic E-state index is 6.53. The van der Waals surface area contributed by atoms with E-state index in [1.54, 1.807) is 0 Å². The Labute approximate surface area is 137 Å². The lowest BCUT2D eigenvalue weighted by atomic mass is 9.94. The molecular weight excluding hydrogens is 284 g/mol. The summed E-state index contributed by atoms with van der Waals surface area (Å²) in [5.74, 6) is 0.838. The molecule has 3 rings (SSSR count). The Morgan fingerprint density at radius 3 is 2.22 bits per heavy atom. The van der Waals surface area contributed by atoms with E-state index in [1.807, 2.05) is 54.6 Å². The van der Waals surface area contributed by atoms with Crippen LogP contribution in [0, 0.1) is 5.92 Å². The molecule has 0 saturated heterocycles. The smallest absolute Gasteiger partial charge is 0.202 e. The van der Waals surface area contributed by atoms with E-state index in [2.05, 4.69) is 41.6 Å². The third-order valence-electron chi connectivity index (χ3n) is 3.98. The van der Waals surface area contributed by atoms with Crippen molar-refractivity contribution in [2.75, 3.05) is 5.32 Å². The molecule has 2 aromatic carbocycles. The van der Waals surface area contributed by atoms with Crippen LogP contribution in [0.3, 0.4) is 0 Å². The normalized spacial score (nSPS) is 20.5. The molecule has 118 valence electrons. The molecule has 0 bridgehead atoms. The van der Waals surface area contributed by atoms with Gasteiger partial charge in [-0.2, -0.15) is 0 Å².